The standard InChI is InChI=1S/C21H24N4O/c1-3-9-15(2)14-19(26)22-18-13-8-7-12-17(18)21-23-20(24-25-21)16-10-5-4-6-11-16/h4-8,10-13,15H,3,9,14H2,1-2H3,(H,22,26)(H,23,24,25). The highest BCUT2D eigenvalue weighted by Crippen LogP contribution is 2.27. The van der Waals surface area contributed by atoms with E-state index in [-0.39, 0.29) is 5.91 Å². The number of hydrogen-bond acceptors (Lipinski definition) is 3. The smallest absolute Gasteiger partial charge is 0.224 e. The number of carbonyl (C=O) groups is 1. The number of H-pyrrole nitrogens is 1. The van der Waals surface area contributed by atoms with Crippen LogP contribution in [0.5, 0.6) is 0 Å². The highest BCUT2D eigenvalue weighted by molar-refractivity contribution is 5.94. The molecule has 5 heteroatoms. The minimum Gasteiger partial charge on any atom is -0.325 e. The molecule has 0 saturated heterocycles. The molecule has 0 saturated carbocycles. The lowest BCUT2D eigenvalue weighted by Crippen LogP contribution is -2.15. The van der Waals surface area contributed by atoms with E-state index in [1.165, 1.54) is 0 Å². The Kier molecular flexibility index (Phi) is 5.79. The first-order valence-electron chi connectivity index (χ1n) is 9.04. The van der Waals surface area contributed by atoms with Crippen molar-refractivity contribution in [2.24, 2.45) is 5.92 Å². The Balaban J connectivity index is 1.79. The average Bonchev–Trinajstić information content (AvgIpc) is 3.13. The molecule has 0 fully saturated rings. The lowest BCUT2D eigenvalue weighted by Gasteiger charge is -2.12. The van der Waals surface area contributed by atoms with Crippen molar-refractivity contribution in [1.29, 1.82) is 0 Å². The molecule has 2 N–H and O–H groups in total. The SMILES string of the molecule is CCCC(C)CC(=O)Nc1ccccc1-c1nc(-c2ccccc2)n[nH]1. The third kappa shape index (κ3) is 4.36. The molecular formula is C21H24N4O. The van der Waals surface area contributed by atoms with Crippen LogP contribution >= 0.6 is 0 Å². The van der Waals surface area contributed by atoms with Crippen LogP contribution in [0.15, 0.2) is 54.6 Å². The highest BCUT2D eigenvalue weighted by Gasteiger charge is 2.14. The van der Waals surface area contributed by atoms with Crippen molar-refractivity contribution in [2.75, 3.05) is 5.32 Å². The summed E-state index contributed by atoms with van der Waals surface area (Å²) in [5.41, 5.74) is 2.53. The van der Waals surface area contributed by atoms with Gasteiger partial charge in [-0.2, -0.15) is 5.10 Å². The summed E-state index contributed by atoms with van der Waals surface area (Å²) in [6, 6.07) is 17.5. The van der Waals surface area contributed by atoms with Gasteiger partial charge in [0.05, 0.1) is 5.69 Å². The summed E-state index contributed by atoms with van der Waals surface area (Å²) < 4.78 is 0. The normalized spacial score (nSPS) is 11.9. The molecule has 134 valence electrons. The zero-order valence-electron chi connectivity index (χ0n) is 15.2. The van der Waals surface area contributed by atoms with E-state index < -0.39 is 0 Å². The maximum atomic E-state index is 12.4. The second kappa shape index (κ2) is 8.43. The molecular weight excluding hydrogens is 324 g/mol. The predicted molar refractivity (Wildman–Crippen MR) is 105 cm³/mol. The maximum absolute atomic E-state index is 12.4. The van der Waals surface area contributed by atoms with Gasteiger partial charge in [0, 0.05) is 17.5 Å². The zero-order chi connectivity index (χ0) is 18.4. The van der Waals surface area contributed by atoms with Crippen molar-refractivity contribution < 1.29 is 4.79 Å². The lowest BCUT2D eigenvalue weighted by atomic mass is 10.0. The van der Waals surface area contributed by atoms with Gasteiger partial charge < -0.3 is 5.32 Å². The van der Waals surface area contributed by atoms with Crippen LogP contribution in [0.4, 0.5) is 5.69 Å². The van der Waals surface area contributed by atoms with Gasteiger partial charge in [-0.3, -0.25) is 9.89 Å². The summed E-state index contributed by atoms with van der Waals surface area (Å²) in [6.07, 6.45) is 2.66. The van der Waals surface area contributed by atoms with E-state index in [2.05, 4.69) is 34.3 Å². The second-order valence-electron chi connectivity index (χ2n) is 6.57. The van der Waals surface area contributed by atoms with Crippen LogP contribution in [-0.4, -0.2) is 21.1 Å². The molecule has 0 aliphatic carbocycles. The molecule has 1 unspecified atom stereocenters. The topological polar surface area (TPSA) is 70.7 Å². The first-order chi connectivity index (χ1) is 12.7. The Morgan fingerprint density at radius 3 is 2.62 bits per heavy atom. The predicted octanol–water partition coefficient (Wildman–Crippen LogP) is 4.90. The van der Waals surface area contributed by atoms with Crippen molar-refractivity contribution in [3.05, 3.63) is 54.6 Å². The number of carbonyl (C=O) groups excluding carboxylic acids is 1. The van der Waals surface area contributed by atoms with Gasteiger partial charge in [0.15, 0.2) is 11.6 Å². The van der Waals surface area contributed by atoms with Crippen LogP contribution in [0.3, 0.4) is 0 Å². The number of anilines is 1. The minimum atomic E-state index is 0.0289. The van der Waals surface area contributed by atoms with E-state index in [0.717, 1.165) is 29.7 Å². The van der Waals surface area contributed by atoms with Gasteiger partial charge >= 0.3 is 0 Å². The van der Waals surface area contributed by atoms with E-state index in [1.807, 2.05) is 54.6 Å². The number of aromatic nitrogens is 3. The highest BCUT2D eigenvalue weighted by atomic mass is 16.1. The van der Waals surface area contributed by atoms with Gasteiger partial charge in [0.2, 0.25) is 5.91 Å². The number of aromatic amines is 1. The minimum absolute atomic E-state index is 0.0289. The van der Waals surface area contributed by atoms with Crippen molar-refractivity contribution in [3.8, 4) is 22.8 Å². The molecule has 0 radical (unpaired) electrons. The fourth-order valence-electron chi connectivity index (χ4n) is 3.01. The molecule has 0 spiro atoms. The Bertz CT molecular complexity index is 857. The molecule has 0 aliphatic heterocycles. The quantitative estimate of drug-likeness (QED) is 0.638. The first kappa shape index (κ1) is 17.9. The van der Waals surface area contributed by atoms with E-state index >= 15 is 0 Å². The van der Waals surface area contributed by atoms with E-state index in [1.54, 1.807) is 0 Å². The third-order valence-corrected chi connectivity index (χ3v) is 4.29. The summed E-state index contributed by atoms with van der Waals surface area (Å²) in [5, 5.41) is 10.3. The number of nitrogens with zero attached hydrogens (tertiary/aromatic N) is 2. The zero-order valence-corrected chi connectivity index (χ0v) is 15.2. The summed E-state index contributed by atoms with van der Waals surface area (Å²) in [4.78, 5) is 16.9. The van der Waals surface area contributed by atoms with E-state index in [4.69, 9.17) is 0 Å². The molecule has 0 aliphatic rings. The van der Waals surface area contributed by atoms with E-state index in [0.29, 0.717) is 24.0 Å². The molecule has 2 aromatic carbocycles. The molecule has 1 amide bonds. The van der Waals surface area contributed by atoms with Crippen molar-refractivity contribution in [1.82, 2.24) is 15.2 Å². The molecule has 0 bridgehead atoms. The summed E-state index contributed by atoms with van der Waals surface area (Å²) in [6.45, 7) is 4.25. The van der Waals surface area contributed by atoms with Crippen molar-refractivity contribution >= 4 is 11.6 Å². The Hall–Kier alpha value is -2.95. The summed E-state index contributed by atoms with van der Waals surface area (Å²) in [7, 11) is 0. The molecule has 1 heterocycles. The van der Waals surface area contributed by atoms with Gasteiger partial charge in [-0.25, -0.2) is 4.98 Å². The molecule has 3 aromatic rings. The van der Waals surface area contributed by atoms with Crippen LogP contribution in [-0.2, 0) is 4.79 Å². The van der Waals surface area contributed by atoms with Gasteiger partial charge in [-0.05, 0) is 18.1 Å². The summed E-state index contributed by atoms with van der Waals surface area (Å²) in [5.74, 6) is 1.68. The average molecular weight is 348 g/mol. The number of rotatable bonds is 7. The van der Waals surface area contributed by atoms with Gasteiger partial charge in [-0.15, -0.1) is 0 Å². The fraction of sp³-hybridized carbons (Fsp3) is 0.286. The number of amides is 1. The maximum Gasteiger partial charge on any atom is 0.224 e. The van der Waals surface area contributed by atoms with Crippen LogP contribution < -0.4 is 5.32 Å². The molecule has 1 aromatic heterocycles. The molecule has 26 heavy (non-hydrogen) atoms. The van der Waals surface area contributed by atoms with Crippen LogP contribution in [0, 0.1) is 5.92 Å². The Morgan fingerprint density at radius 2 is 1.85 bits per heavy atom. The molecule has 1 atom stereocenters. The largest absolute Gasteiger partial charge is 0.325 e. The first-order valence-corrected chi connectivity index (χ1v) is 9.04. The van der Waals surface area contributed by atoms with Crippen LogP contribution in [0.2, 0.25) is 0 Å². The number of nitrogens with one attached hydrogen (secondary N) is 2. The van der Waals surface area contributed by atoms with Gasteiger partial charge in [-0.1, -0.05) is 69.2 Å². The second-order valence-corrected chi connectivity index (χ2v) is 6.57. The number of hydrogen-bond donors (Lipinski definition) is 2. The Morgan fingerprint density at radius 1 is 1.12 bits per heavy atom. The monoisotopic (exact) mass is 348 g/mol. The number of benzene rings is 2. The van der Waals surface area contributed by atoms with Crippen molar-refractivity contribution in [3.63, 3.8) is 0 Å². The summed E-state index contributed by atoms with van der Waals surface area (Å²) >= 11 is 0. The lowest BCUT2D eigenvalue weighted by molar-refractivity contribution is -0.117. The Labute approximate surface area is 153 Å². The van der Waals surface area contributed by atoms with Gasteiger partial charge in [0.25, 0.3) is 0 Å². The van der Waals surface area contributed by atoms with Crippen LogP contribution in [0.1, 0.15) is 33.1 Å². The fourth-order valence-corrected chi connectivity index (χ4v) is 3.01. The molecule has 3 rings (SSSR count). The van der Waals surface area contributed by atoms with Crippen molar-refractivity contribution in [2.45, 2.75) is 33.1 Å². The van der Waals surface area contributed by atoms with Crippen LogP contribution in [0.25, 0.3) is 22.8 Å². The molecule has 5 nitrogen and oxygen atoms in total. The van der Waals surface area contributed by atoms with Gasteiger partial charge in [0.1, 0.15) is 0 Å². The van der Waals surface area contributed by atoms with E-state index in [9.17, 15) is 4.79 Å². The third-order valence-electron chi connectivity index (χ3n) is 4.29. The number of para-hydroxylation sites is 1.